The summed E-state index contributed by atoms with van der Waals surface area (Å²) in [6.45, 7) is 5.96. The largest absolute Gasteiger partial charge is 0.469 e. The SMILES string of the molecule is CCO.COC(=O)CC(C)=O.COC(=O)CC(C)=O.COC(=O)CC(C)=O.[Zr]. The van der Waals surface area contributed by atoms with Gasteiger partial charge in [-0.15, -0.1) is 0 Å². The van der Waals surface area contributed by atoms with Crippen molar-refractivity contribution in [2.75, 3.05) is 27.9 Å². The summed E-state index contributed by atoms with van der Waals surface area (Å²) in [4.78, 5) is 60.9. The monoisotopic (exact) mass is 484 g/mol. The van der Waals surface area contributed by atoms with Gasteiger partial charge in [0.05, 0.1) is 21.3 Å². The molecule has 10 nitrogen and oxygen atoms in total. The number of esters is 3. The summed E-state index contributed by atoms with van der Waals surface area (Å²) in [6, 6.07) is 0. The zero-order chi connectivity index (χ0) is 22.4. The van der Waals surface area contributed by atoms with Crippen LogP contribution < -0.4 is 0 Å². The zero-order valence-electron chi connectivity index (χ0n) is 17.4. The van der Waals surface area contributed by atoms with Gasteiger partial charge in [-0.2, -0.15) is 0 Å². The van der Waals surface area contributed by atoms with Gasteiger partial charge in [-0.25, -0.2) is 0 Å². The van der Waals surface area contributed by atoms with Crippen molar-refractivity contribution in [2.24, 2.45) is 0 Å². The van der Waals surface area contributed by atoms with Crippen molar-refractivity contribution in [1.82, 2.24) is 0 Å². The number of aliphatic hydroxyl groups excluding tert-OH is 1. The fraction of sp³-hybridized carbons (Fsp3) is 0.647. The van der Waals surface area contributed by atoms with Crippen LogP contribution in [-0.4, -0.2) is 68.3 Å². The molecule has 0 fully saturated rings. The molecule has 0 radical (unpaired) electrons. The molecule has 0 amide bonds. The number of ketones is 3. The topological polar surface area (TPSA) is 150 Å². The maximum atomic E-state index is 10.2. The van der Waals surface area contributed by atoms with E-state index in [4.69, 9.17) is 5.11 Å². The number of hydrogen-bond acceptors (Lipinski definition) is 10. The van der Waals surface area contributed by atoms with Gasteiger partial charge in [-0.1, -0.05) is 0 Å². The number of hydrogen-bond donors (Lipinski definition) is 1. The molecule has 0 aromatic heterocycles. The van der Waals surface area contributed by atoms with Gasteiger partial charge in [-0.3, -0.25) is 28.8 Å². The van der Waals surface area contributed by atoms with E-state index in [1.54, 1.807) is 6.92 Å². The number of aliphatic hydroxyl groups is 1. The molecule has 162 valence electrons. The first-order valence-corrected chi connectivity index (χ1v) is 7.71. The zero-order valence-corrected chi connectivity index (χ0v) is 19.9. The standard InChI is InChI=1S/3C5H8O3.C2H6O.Zr/c3*1-4(6)3-5(7)8-2;1-2-3;/h3*3H2,1-2H3;3H,2H2,1H3;. The third-order valence-corrected chi connectivity index (χ3v) is 1.86. The van der Waals surface area contributed by atoms with Crippen LogP contribution in [0.25, 0.3) is 0 Å². The predicted octanol–water partition coefficient (Wildman–Crippen LogP) is 0.412. The Morgan fingerprint density at radius 1 is 0.607 bits per heavy atom. The number of carbonyl (C=O) groups is 6. The third kappa shape index (κ3) is 49.6. The summed E-state index contributed by atoms with van der Waals surface area (Å²) in [5.74, 6) is -1.93. The molecule has 0 heterocycles. The van der Waals surface area contributed by atoms with E-state index in [1.807, 2.05) is 0 Å². The minimum Gasteiger partial charge on any atom is -0.469 e. The molecule has 0 aromatic carbocycles. The van der Waals surface area contributed by atoms with E-state index in [0.717, 1.165) is 0 Å². The fourth-order valence-corrected chi connectivity index (χ4v) is 0.826. The second-order valence-electron chi connectivity index (χ2n) is 4.68. The van der Waals surface area contributed by atoms with Crippen LogP contribution in [-0.2, 0) is 69.2 Å². The summed E-state index contributed by atoms with van der Waals surface area (Å²) < 4.78 is 12.6. The molecule has 28 heavy (non-hydrogen) atoms. The first-order chi connectivity index (χ1) is 12.4. The molecule has 0 saturated carbocycles. The van der Waals surface area contributed by atoms with E-state index < -0.39 is 17.9 Å². The first kappa shape index (κ1) is 37.1. The molecular formula is C17H30O10Zr. The number of Topliss-reactive ketones (excluding diaryl/α,β-unsaturated/α-hetero) is 3. The van der Waals surface area contributed by atoms with Crippen molar-refractivity contribution in [2.45, 2.75) is 47.0 Å². The number of methoxy groups -OCH3 is 3. The van der Waals surface area contributed by atoms with Crippen LogP contribution in [0, 0.1) is 0 Å². The summed E-state index contributed by atoms with van der Waals surface area (Å²) in [5.41, 5.74) is 0. The fourth-order valence-electron chi connectivity index (χ4n) is 0.826. The minimum absolute atomic E-state index is 0. The van der Waals surface area contributed by atoms with E-state index in [2.05, 4.69) is 14.2 Å². The Balaban J connectivity index is -0.0000000866. The Bertz CT molecular complexity index is 408. The average Bonchev–Trinajstić information content (AvgIpc) is 2.54. The van der Waals surface area contributed by atoms with Gasteiger partial charge in [0.1, 0.15) is 36.6 Å². The average molecular weight is 486 g/mol. The molecule has 1 N–H and O–H groups in total. The van der Waals surface area contributed by atoms with E-state index in [1.165, 1.54) is 42.1 Å². The number of rotatable bonds is 6. The van der Waals surface area contributed by atoms with E-state index in [9.17, 15) is 28.8 Å². The van der Waals surface area contributed by atoms with Crippen LogP contribution in [0.3, 0.4) is 0 Å². The Morgan fingerprint density at radius 3 is 0.786 bits per heavy atom. The first-order valence-electron chi connectivity index (χ1n) is 7.71. The van der Waals surface area contributed by atoms with Crippen molar-refractivity contribution >= 4 is 35.3 Å². The van der Waals surface area contributed by atoms with Gasteiger partial charge in [0.25, 0.3) is 0 Å². The van der Waals surface area contributed by atoms with Gasteiger partial charge in [-0.05, 0) is 27.7 Å². The van der Waals surface area contributed by atoms with Gasteiger partial charge < -0.3 is 19.3 Å². The Morgan fingerprint density at radius 2 is 0.750 bits per heavy atom. The van der Waals surface area contributed by atoms with Gasteiger partial charge in [0.15, 0.2) is 0 Å². The van der Waals surface area contributed by atoms with E-state index in [-0.39, 0.29) is 69.4 Å². The van der Waals surface area contributed by atoms with Crippen molar-refractivity contribution in [1.29, 1.82) is 0 Å². The minimum atomic E-state index is -0.475. The van der Waals surface area contributed by atoms with Crippen molar-refractivity contribution in [3.8, 4) is 0 Å². The predicted molar refractivity (Wildman–Crippen MR) is 94.7 cm³/mol. The molecule has 0 unspecified atom stereocenters. The van der Waals surface area contributed by atoms with Gasteiger partial charge >= 0.3 is 17.9 Å². The second kappa shape index (κ2) is 27.5. The van der Waals surface area contributed by atoms with E-state index >= 15 is 0 Å². The van der Waals surface area contributed by atoms with Crippen molar-refractivity contribution in [3.05, 3.63) is 0 Å². The maximum absolute atomic E-state index is 10.2. The molecule has 0 saturated heterocycles. The normalized spacial score (nSPS) is 7.71. The molecular weight excluding hydrogens is 455 g/mol. The molecule has 0 rings (SSSR count). The molecule has 0 spiro atoms. The molecule has 0 atom stereocenters. The van der Waals surface area contributed by atoms with Crippen LogP contribution in [0.15, 0.2) is 0 Å². The molecule has 0 aliphatic carbocycles. The summed E-state index contributed by atoms with van der Waals surface area (Å²) >= 11 is 0. The van der Waals surface area contributed by atoms with Crippen LogP contribution in [0.2, 0.25) is 0 Å². The Hall–Kier alpha value is -1.74. The van der Waals surface area contributed by atoms with Crippen molar-refractivity contribution in [3.63, 3.8) is 0 Å². The van der Waals surface area contributed by atoms with Crippen LogP contribution in [0.4, 0.5) is 0 Å². The van der Waals surface area contributed by atoms with E-state index in [0.29, 0.717) is 0 Å². The van der Waals surface area contributed by atoms with Gasteiger partial charge in [0.2, 0.25) is 0 Å². The quantitative estimate of drug-likeness (QED) is 0.318. The maximum Gasteiger partial charge on any atom is 0.313 e. The molecule has 0 bridgehead atoms. The molecule has 11 heteroatoms. The summed E-state index contributed by atoms with van der Waals surface area (Å²) in [5, 5.41) is 7.57. The Labute approximate surface area is 184 Å². The van der Waals surface area contributed by atoms with Crippen molar-refractivity contribution < 1.29 is 74.3 Å². The molecule has 0 aliphatic heterocycles. The third-order valence-electron chi connectivity index (χ3n) is 1.86. The summed E-state index contributed by atoms with van der Waals surface area (Å²) in [6.07, 6.45) is -0.344. The second-order valence-corrected chi connectivity index (χ2v) is 4.68. The Kier molecular flexibility index (Phi) is 36.4. The molecule has 0 aromatic rings. The van der Waals surface area contributed by atoms with Crippen LogP contribution >= 0.6 is 0 Å². The van der Waals surface area contributed by atoms with Crippen LogP contribution in [0.5, 0.6) is 0 Å². The van der Waals surface area contributed by atoms with Crippen LogP contribution in [0.1, 0.15) is 47.0 Å². The number of ether oxygens (including phenoxy) is 3. The summed E-state index contributed by atoms with van der Waals surface area (Å²) in [7, 11) is 3.77. The molecule has 0 aliphatic rings. The number of carbonyl (C=O) groups excluding carboxylic acids is 6. The van der Waals surface area contributed by atoms with Gasteiger partial charge in [0, 0.05) is 32.8 Å². The smallest absolute Gasteiger partial charge is 0.313 e.